The number of rotatable bonds is 2. The highest BCUT2D eigenvalue weighted by atomic mass is 79.9. The van der Waals surface area contributed by atoms with Gasteiger partial charge in [0.2, 0.25) is 5.95 Å². The predicted molar refractivity (Wildman–Crippen MR) is 79.9 cm³/mol. The lowest BCUT2D eigenvalue weighted by molar-refractivity contribution is 0.826. The SMILES string of the molecule is Cc1ccncc1Cn1c(N)nc2ccc(Br)cc21. The van der Waals surface area contributed by atoms with Gasteiger partial charge in [-0.1, -0.05) is 15.9 Å². The van der Waals surface area contributed by atoms with E-state index in [1.54, 1.807) is 6.20 Å². The Balaban J connectivity index is 2.12. The zero-order valence-corrected chi connectivity index (χ0v) is 12.1. The van der Waals surface area contributed by atoms with Gasteiger partial charge in [0.05, 0.1) is 17.6 Å². The average molecular weight is 317 g/mol. The Morgan fingerprint density at radius 2 is 2.16 bits per heavy atom. The molecule has 2 N–H and O–H groups in total. The minimum Gasteiger partial charge on any atom is -0.369 e. The van der Waals surface area contributed by atoms with Gasteiger partial charge in [-0.2, -0.15) is 0 Å². The van der Waals surface area contributed by atoms with Crippen LogP contribution in [0.25, 0.3) is 11.0 Å². The summed E-state index contributed by atoms with van der Waals surface area (Å²) < 4.78 is 3.02. The molecule has 2 aromatic heterocycles. The van der Waals surface area contributed by atoms with Crippen molar-refractivity contribution < 1.29 is 0 Å². The minimum absolute atomic E-state index is 0.524. The largest absolute Gasteiger partial charge is 0.369 e. The topological polar surface area (TPSA) is 56.7 Å². The molecule has 0 unspecified atom stereocenters. The molecule has 0 amide bonds. The molecule has 3 rings (SSSR count). The summed E-state index contributed by atoms with van der Waals surface area (Å²) in [6, 6.07) is 7.96. The Kier molecular flexibility index (Phi) is 2.98. The van der Waals surface area contributed by atoms with Crippen LogP contribution >= 0.6 is 15.9 Å². The lowest BCUT2D eigenvalue weighted by Gasteiger charge is -2.08. The monoisotopic (exact) mass is 316 g/mol. The van der Waals surface area contributed by atoms with Gasteiger partial charge in [-0.3, -0.25) is 4.98 Å². The van der Waals surface area contributed by atoms with E-state index in [0.29, 0.717) is 12.5 Å². The van der Waals surface area contributed by atoms with E-state index in [0.717, 1.165) is 21.1 Å². The van der Waals surface area contributed by atoms with E-state index in [1.165, 1.54) is 5.56 Å². The first-order valence-electron chi connectivity index (χ1n) is 5.96. The van der Waals surface area contributed by atoms with Crippen LogP contribution in [0, 0.1) is 6.92 Å². The first kappa shape index (κ1) is 12.2. The Labute approximate surface area is 119 Å². The quantitative estimate of drug-likeness (QED) is 0.790. The molecule has 0 spiro atoms. The minimum atomic E-state index is 0.524. The van der Waals surface area contributed by atoms with Crippen LogP contribution in [0.1, 0.15) is 11.1 Å². The van der Waals surface area contributed by atoms with E-state index in [2.05, 4.69) is 32.8 Å². The summed E-state index contributed by atoms with van der Waals surface area (Å²) in [5.74, 6) is 0.524. The molecule has 3 aromatic rings. The Bertz CT molecular complexity index is 748. The molecule has 2 heterocycles. The zero-order chi connectivity index (χ0) is 13.4. The van der Waals surface area contributed by atoms with Crippen molar-refractivity contribution in [2.45, 2.75) is 13.5 Å². The Hall–Kier alpha value is -1.88. The van der Waals surface area contributed by atoms with Crippen molar-refractivity contribution in [3.8, 4) is 0 Å². The van der Waals surface area contributed by atoms with Crippen molar-refractivity contribution in [3.63, 3.8) is 0 Å². The molecule has 0 saturated heterocycles. The number of hydrogen-bond acceptors (Lipinski definition) is 3. The number of pyridine rings is 1. The van der Waals surface area contributed by atoms with Gasteiger partial charge in [-0.15, -0.1) is 0 Å². The van der Waals surface area contributed by atoms with Gasteiger partial charge < -0.3 is 10.3 Å². The van der Waals surface area contributed by atoms with Crippen molar-refractivity contribution >= 4 is 32.9 Å². The zero-order valence-electron chi connectivity index (χ0n) is 10.5. The molecule has 0 fully saturated rings. The van der Waals surface area contributed by atoms with Gasteiger partial charge >= 0.3 is 0 Å². The number of fused-ring (bicyclic) bond motifs is 1. The van der Waals surface area contributed by atoms with Crippen LogP contribution in [-0.4, -0.2) is 14.5 Å². The van der Waals surface area contributed by atoms with Crippen LogP contribution < -0.4 is 5.73 Å². The molecule has 1 aromatic carbocycles. The second kappa shape index (κ2) is 4.66. The van der Waals surface area contributed by atoms with Crippen molar-refractivity contribution in [3.05, 3.63) is 52.3 Å². The summed E-state index contributed by atoms with van der Waals surface area (Å²) in [6.45, 7) is 2.75. The third-order valence-electron chi connectivity index (χ3n) is 3.22. The van der Waals surface area contributed by atoms with Crippen LogP contribution in [-0.2, 0) is 6.54 Å². The molecule has 0 aliphatic heterocycles. The van der Waals surface area contributed by atoms with E-state index in [-0.39, 0.29) is 0 Å². The number of aromatic nitrogens is 3. The fourth-order valence-electron chi connectivity index (χ4n) is 2.11. The van der Waals surface area contributed by atoms with Crippen LogP contribution in [0.15, 0.2) is 41.1 Å². The van der Waals surface area contributed by atoms with E-state index < -0.39 is 0 Å². The van der Waals surface area contributed by atoms with Crippen molar-refractivity contribution in [2.24, 2.45) is 0 Å². The summed E-state index contributed by atoms with van der Waals surface area (Å²) in [4.78, 5) is 8.55. The first-order chi connectivity index (χ1) is 9.15. The normalized spacial score (nSPS) is 11.1. The molecule has 0 saturated carbocycles. The van der Waals surface area contributed by atoms with Crippen molar-refractivity contribution in [1.82, 2.24) is 14.5 Å². The maximum absolute atomic E-state index is 6.02. The standard InChI is InChI=1S/C14H13BrN4/c1-9-4-5-17-7-10(9)8-19-13-6-11(15)2-3-12(13)18-14(19)16/h2-7H,8H2,1H3,(H2,16,18). The van der Waals surface area contributed by atoms with Crippen LogP contribution in [0.3, 0.4) is 0 Å². The molecule has 0 bridgehead atoms. The number of imidazole rings is 1. The summed E-state index contributed by atoms with van der Waals surface area (Å²) in [5, 5.41) is 0. The van der Waals surface area contributed by atoms with Crippen LogP contribution in [0.4, 0.5) is 5.95 Å². The second-order valence-electron chi connectivity index (χ2n) is 4.49. The number of benzene rings is 1. The highest BCUT2D eigenvalue weighted by Gasteiger charge is 2.10. The number of nitrogen functional groups attached to an aromatic ring is 1. The van der Waals surface area contributed by atoms with Crippen LogP contribution in [0.2, 0.25) is 0 Å². The Morgan fingerprint density at radius 3 is 2.95 bits per heavy atom. The summed E-state index contributed by atoms with van der Waals surface area (Å²) in [5.41, 5.74) is 10.3. The van der Waals surface area contributed by atoms with Gasteiger partial charge in [0, 0.05) is 16.9 Å². The third-order valence-corrected chi connectivity index (χ3v) is 3.71. The number of aryl methyl sites for hydroxylation is 1. The number of nitrogens with zero attached hydrogens (tertiary/aromatic N) is 3. The molecule has 0 radical (unpaired) electrons. The maximum Gasteiger partial charge on any atom is 0.201 e. The second-order valence-corrected chi connectivity index (χ2v) is 5.41. The summed E-state index contributed by atoms with van der Waals surface area (Å²) in [7, 11) is 0. The maximum atomic E-state index is 6.02. The number of halogens is 1. The number of nitrogens with two attached hydrogens (primary N) is 1. The lowest BCUT2D eigenvalue weighted by Crippen LogP contribution is -2.06. The molecule has 96 valence electrons. The van der Waals surface area contributed by atoms with Crippen molar-refractivity contribution in [1.29, 1.82) is 0 Å². The molecule has 5 heteroatoms. The predicted octanol–water partition coefficient (Wildman–Crippen LogP) is 3.13. The molecular formula is C14H13BrN4. The Morgan fingerprint density at radius 1 is 1.32 bits per heavy atom. The van der Waals surface area contributed by atoms with E-state index in [1.807, 2.05) is 35.0 Å². The molecule has 4 nitrogen and oxygen atoms in total. The highest BCUT2D eigenvalue weighted by molar-refractivity contribution is 9.10. The number of hydrogen-bond donors (Lipinski definition) is 1. The smallest absolute Gasteiger partial charge is 0.201 e. The van der Waals surface area contributed by atoms with E-state index in [9.17, 15) is 0 Å². The van der Waals surface area contributed by atoms with Crippen LogP contribution in [0.5, 0.6) is 0 Å². The summed E-state index contributed by atoms with van der Waals surface area (Å²) >= 11 is 3.48. The number of anilines is 1. The fourth-order valence-corrected chi connectivity index (χ4v) is 2.46. The molecular weight excluding hydrogens is 304 g/mol. The fraction of sp³-hybridized carbons (Fsp3) is 0.143. The highest BCUT2D eigenvalue weighted by Crippen LogP contribution is 2.23. The third kappa shape index (κ3) is 2.21. The lowest BCUT2D eigenvalue weighted by atomic mass is 10.1. The van der Waals surface area contributed by atoms with Crippen molar-refractivity contribution in [2.75, 3.05) is 5.73 Å². The summed E-state index contributed by atoms with van der Waals surface area (Å²) in [6.07, 6.45) is 3.67. The van der Waals surface area contributed by atoms with Gasteiger partial charge in [-0.25, -0.2) is 4.98 Å². The van der Waals surface area contributed by atoms with Gasteiger partial charge in [0.15, 0.2) is 0 Å². The van der Waals surface area contributed by atoms with Gasteiger partial charge in [-0.05, 0) is 42.3 Å². The van der Waals surface area contributed by atoms with Gasteiger partial charge in [0.1, 0.15) is 0 Å². The molecule has 0 aliphatic rings. The molecule has 0 atom stereocenters. The molecule has 0 aliphatic carbocycles. The average Bonchev–Trinajstić information content (AvgIpc) is 2.69. The van der Waals surface area contributed by atoms with E-state index >= 15 is 0 Å². The van der Waals surface area contributed by atoms with Gasteiger partial charge in [0.25, 0.3) is 0 Å². The first-order valence-corrected chi connectivity index (χ1v) is 6.75. The molecule has 19 heavy (non-hydrogen) atoms. The van der Waals surface area contributed by atoms with E-state index in [4.69, 9.17) is 5.73 Å².